The molecule has 0 spiro atoms. The Morgan fingerprint density at radius 3 is 2.76 bits per heavy atom. The number of methoxy groups -OCH3 is 1. The Morgan fingerprint density at radius 1 is 1.43 bits per heavy atom. The number of amides is 1. The first-order valence-corrected chi connectivity index (χ1v) is 7.26. The number of carbonyl (C=O) groups excluding carboxylic acids is 1. The van der Waals surface area contributed by atoms with Crippen LogP contribution in [0.15, 0.2) is 18.2 Å². The second-order valence-corrected chi connectivity index (χ2v) is 5.52. The first kappa shape index (κ1) is 17.8. The number of nitrogens with one attached hydrogen (secondary N) is 1. The summed E-state index contributed by atoms with van der Waals surface area (Å²) in [6.07, 6.45) is 0.594. The zero-order valence-corrected chi connectivity index (χ0v) is 13.4. The average Bonchev–Trinajstić information content (AvgIpc) is 2.39. The highest BCUT2D eigenvalue weighted by Crippen LogP contribution is 2.27. The standard InChI is InChI=1S/C15H23ClN2O3/c1-10(17)7-12-13(16)5-4-6-14(12)21-9-15(19)18-11(2)8-20-3/h4-6,10-11H,7-9,17H2,1-3H3,(H,18,19). The summed E-state index contributed by atoms with van der Waals surface area (Å²) < 4.78 is 10.5. The van der Waals surface area contributed by atoms with Crippen molar-refractivity contribution in [2.24, 2.45) is 5.73 Å². The maximum atomic E-state index is 11.8. The zero-order chi connectivity index (χ0) is 15.8. The SMILES string of the molecule is COCC(C)NC(=O)COc1cccc(Cl)c1CC(C)N. The summed E-state index contributed by atoms with van der Waals surface area (Å²) in [5, 5.41) is 3.37. The van der Waals surface area contributed by atoms with Crippen LogP contribution in [-0.2, 0) is 16.0 Å². The van der Waals surface area contributed by atoms with Crippen molar-refractivity contribution in [3.8, 4) is 5.75 Å². The van der Waals surface area contributed by atoms with Gasteiger partial charge in [0.2, 0.25) is 0 Å². The fraction of sp³-hybridized carbons (Fsp3) is 0.533. The van der Waals surface area contributed by atoms with Crippen LogP contribution in [0.2, 0.25) is 5.02 Å². The fourth-order valence-corrected chi connectivity index (χ4v) is 2.19. The van der Waals surface area contributed by atoms with E-state index in [0.717, 1.165) is 5.56 Å². The molecule has 21 heavy (non-hydrogen) atoms. The molecule has 0 saturated heterocycles. The van der Waals surface area contributed by atoms with E-state index in [1.54, 1.807) is 25.3 Å². The lowest BCUT2D eigenvalue weighted by molar-refractivity contribution is -0.124. The molecule has 118 valence electrons. The van der Waals surface area contributed by atoms with Gasteiger partial charge in [-0.15, -0.1) is 0 Å². The molecule has 0 radical (unpaired) electrons. The predicted octanol–water partition coefficient (Wildman–Crippen LogP) is 1.76. The van der Waals surface area contributed by atoms with Gasteiger partial charge in [0.15, 0.2) is 6.61 Å². The van der Waals surface area contributed by atoms with Gasteiger partial charge >= 0.3 is 0 Å². The van der Waals surface area contributed by atoms with Crippen LogP contribution in [0, 0.1) is 0 Å². The molecule has 1 aromatic carbocycles. The number of hydrogen-bond donors (Lipinski definition) is 2. The number of rotatable bonds is 8. The summed E-state index contributed by atoms with van der Waals surface area (Å²) >= 11 is 6.16. The summed E-state index contributed by atoms with van der Waals surface area (Å²) in [6, 6.07) is 5.26. The van der Waals surface area contributed by atoms with Gasteiger partial charge < -0.3 is 20.5 Å². The molecule has 0 bridgehead atoms. The van der Waals surface area contributed by atoms with Crippen molar-refractivity contribution in [1.82, 2.24) is 5.32 Å². The van der Waals surface area contributed by atoms with Crippen LogP contribution < -0.4 is 15.8 Å². The predicted molar refractivity (Wildman–Crippen MR) is 83.8 cm³/mol. The lowest BCUT2D eigenvalue weighted by atomic mass is 10.1. The first-order valence-electron chi connectivity index (χ1n) is 6.88. The lowest BCUT2D eigenvalue weighted by Gasteiger charge is -2.16. The van der Waals surface area contributed by atoms with Crippen molar-refractivity contribution >= 4 is 17.5 Å². The molecule has 1 aromatic rings. The molecule has 0 aliphatic carbocycles. The van der Waals surface area contributed by atoms with Gasteiger partial charge in [-0.25, -0.2) is 0 Å². The van der Waals surface area contributed by atoms with Crippen LogP contribution >= 0.6 is 11.6 Å². The van der Waals surface area contributed by atoms with E-state index in [1.807, 2.05) is 13.8 Å². The second kappa shape index (κ2) is 8.87. The maximum Gasteiger partial charge on any atom is 0.258 e. The van der Waals surface area contributed by atoms with E-state index in [2.05, 4.69) is 5.32 Å². The molecule has 3 N–H and O–H groups in total. The van der Waals surface area contributed by atoms with Gasteiger partial charge in [0.05, 0.1) is 6.61 Å². The van der Waals surface area contributed by atoms with Crippen molar-refractivity contribution < 1.29 is 14.3 Å². The molecule has 2 atom stereocenters. The van der Waals surface area contributed by atoms with Gasteiger partial charge in [-0.2, -0.15) is 0 Å². The highest BCUT2D eigenvalue weighted by molar-refractivity contribution is 6.31. The van der Waals surface area contributed by atoms with E-state index in [-0.39, 0.29) is 24.6 Å². The van der Waals surface area contributed by atoms with E-state index in [1.165, 1.54) is 0 Å². The Hall–Kier alpha value is -1.30. The Labute approximate surface area is 130 Å². The maximum absolute atomic E-state index is 11.8. The van der Waals surface area contributed by atoms with Crippen molar-refractivity contribution in [2.75, 3.05) is 20.3 Å². The van der Waals surface area contributed by atoms with Crippen LogP contribution in [0.3, 0.4) is 0 Å². The Balaban J connectivity index is 2.62. The molecule has 0 fully saturated rings. The summed E-state index contributed by atoms with van der Waals surface area (Å²) in [5.41, 5.74) is 6.64. The third-order valence-corrected chi connectivity index (χ3v) is 3.14. The molecule has 0 aromatic heterocycles. The normalized spacial score (nSPS) is 13.6. The van der Waals surface area contributed by atoms with Gasteiger partial charge in [0.25, 0.3) is 5.91 Å². The van der Waals surface area contributed by atoms with Gasteiger partial charge in [0.1, 0.15) is 5.75 Å². The third-order valence-electron chi connectivity index (χ3n) is 2.78. The van der Waals surface area contributed by atoms with Crippen molar-refractivity contribution in [2.45, 2.75) is 32.4 Å². The van der Waals surface area contributed by atoms with Crippen LogP contribution in [0.4, 0.5) is 0 Å². The molecule has 6 heteroatoms. The van der Waals surface area contributed by atoms with E-state index in [4.69, 9.17) is 26.8 Å². The average molecular weight is 315 g/mol. The van der Waals surface area contributed by atoms with Crippen LogP contribution in [0.1, 0.15) is 19.4 Å². The number of nitrogens with two attached hydrogens (primary N) is 1. The minimum atomic E-state index is -0.203. The largest absolute Gasteiger partial charge is 0.483 e. The molecule has 0 aliphatic rings. The molecule has 1 amide bonds. The minimum Gasteiger partial charge on any atom is -0.483 e. The summed E-state index contributed by atoms with van der Waals surface area (Å²) in [5.74, 6) is 0.389. The van der Waals surface area contributed by atoms with E-state index < -0.39 is 0 Å². The minimum absolute atomic E-state index is 0.0391. The smallest absolute Gasteiger partial charge is 0.258 e. The summed E-state index contributed by atoms with van der Waals surface area (Å²) in [4.78, 5) is 11.8. The van der Waals surface area contributed by atoms with Crippen LogP contribution in [0.5, 0.6) is 5.75 Å². The van der Waals surface area contributed by atoms with Crippen molar-refractivity contribution in [1.29, 1.82) is 0 Å². The Morgan fingerprint density at radius 2 is 2.14 bits per heavy atom. The van der Waals surface area contributed by atoms with Crippen LogP contribution in [0.25, 0.3) is 0 Å². The summed E-state index contributed by atoms with van der Waals surface area (Å²) in [6.45, 7) is 4.15. The lowest BCUT2D eigenvalue weighted by Crippen LogP contribution is -2.38. The quantitative estimate of drug-likeness (QED) is 0.767. The van der Waals surface area contributed by atoms with Crippen molar-refractivity contribution in [3.63, 3.8) is 0 Å². The number of benzene rings is 1. The molecule has 5 nitrogen and oxygen atoms in total. The molecule has 0 aliphatic heterocycles. The number of ether oxygens (including phenoxy) is 2. The van der Waals surface area contributed by atoms with Gasteiger partial charge in [-0.05, 0) is 32.4 Å². The topological polar surface area (TPSA) is 73.6 Å². The Kier molecular flexibility index (Phi) is 7.50. The van der Waals surface area contributed by atoms with Gasteiger partial charge in [0, 0.05) is 29.8 Å². The fourth-order valence-electron chi connectivity index (χ4n) is 1.95. The van der Waals surface area contributed by atoms with Crippen LogP contribution in [-0.4, -0.2) is 38.3 Å². The number of halogens is 1. The third kappa shape index (κ3) is 6.33. The molecular weight excluding hydrogens is 292 g/mol. The van der Waals surface area contributed by atoms with E-state index >= 15 is 0 Å². The monoisotopic (exact) mass is 314 g/mol. The van der Waals surface area contributed by atoms with Gasteiger partial charge in [-0.3, -0.25) is 4.79 Å². The van der Waals surface area contributed by atoms with E-state index in [9.17, 15) is 4.79 Å². The second-order valence-electron chi connectivity index (χ2n) is 5.11. The number of hydrogen-bond acceptors (Lipinski definition) is 4. The molecule has 1 rings (SSSR count). The molecule has 0 heterocycles. The van der Waals surface area contributed by atoms with Gasteiger partial charge in [-0.1, -0.05) is 17.7 Å². The molecular formula is C15H23ClN2O3. The highest BCUT2D eigenvalue weighted by atomic mass is 35.5. The van der Waals surface area contributed by atoms with E-state index in [0.29, 0.717) is 23.8 Å². The number of carbonyl (C=O) groups is 1. The first-order chi connectivity index (χ1) is 9.93. The molecule has 2 unspecified atom stereocenters. The zero-order valence-electron chi connectivity index (χ0n) is 12.7. The van der Waals surface area contributed by atoms with Crippen molar-refractivity contribution in [3.05, 3.63) is 28.8 Å². The highest BCUT2D eigenvalue weighted by Gasteiger charge is 2.13. The summed E-state index contributed by atoms with van der Waals surface area (Å²) in [7, 11) is 1.59. The molecule has 0 saturated carbocycles. The Bertz CT molecular complexity index is 466.